The van der Waals surface area contributed by atoms with Gasteiger partial charge >= 0.3 is 0 Å². The maximum absolute atomic E-state index is 13.8. The zero-order chi connectivity index (χ0) is 26.0. The summed E-state index contributed by atoms with van der Waals surface area (Å²) in [4.78, 5) is 37.7. The second-order valence-corrected chi connectivity index (χ2v) is 10.6. The van der Waals surface area contributed by atoms with E-state index < -0.39 is 0 Å². The van der Waals surface area contributed by atoms with E-state index in [-0.39, 0.29) is 24.1 Å². The molecule has 0 saturated carbocycles. The number of carbonyl (C=O) groups excluding carboxylic acids is 1. The fraction of sp³-hybridized carbons (Fsp3) is 0.259. The van der Waals surface area contributed by atoms with E-state index >= 15 is 0 Å². The van der Waals surface area contributed by atoms with Crippen molar-refractivity contribution in [3.05, 3.63) is 80.1 Å². The van der Waals surface area contributed by atoms with Crippen molar-refractivity contribution < 1.29 is 4.79 Å². The van der Waals surface area contributed by atoms with Gasteiger partial charge in [0.2, 0.25) is 5.91 Å². The molecule has 0 aliphatic heterocycles. The molecule has 1 N–H and O–H groups in total. The van der Waals surface area contributed by atoms with E-state index in [1.165, 1.54) is 4.57 Å². The first-order valence-electron chi connectivity index (χ1n) is 11.5. The summed E-state index contributed by atoms with van der Waals surface area (Å²) in [6, 6.07) is 15.0. The van der Waals surface area contributed by atoms with Gasteiger partial charge in [-0.25, -0.2) is 9.97 Å². The SMILES string of the molecule is CC(C)NC(=O)Cn1c(-c2cccc(Br)c2)nc2ncc(-c3cc(Cl)cc(CN(C)C)c3)cc2c1=O. The molecule has 2 heterocycles. The summed E-state index contributed by atoms with van der Waals surface area (Å²) in [5.74, 6) is 0.112. The number of benzene rings is 2. The molecular formula is C27H27BrClN5O2. The standard InChI is InChI=1S/C27H27BrClN5O2/c1-16(2)31-24(35)15-34-26(18-6-5-7-21(28)10-18)32-25-23(27(34)36)12-20(13-30-25)19-8-17(14-33(3)4)9-22(29)11-19/h5-13,16H,14-15H2,1-4H3,(H,31,35). The molecule has 0 aliphatic rings. The Balaban J connectivity index is 1.89. The van der Waals surface area contributed by atoms with E-state index in [0.717, 1.165) is 27.7 Å². The molecule has 0 fully saturated rings. The molecule has 0 unspecified atom stereocenters. The van der Waals surface area contributed by atoms with Gasteiger partial charge < -0.3 is 10.2 Å². The maximum Gasteiger partial charge on any atom is 0.263 e. The molecule has 36 heavy (non-hydrogen) atoms. The Hall–Kier alpha value is -3.07. The zero-order valence-electron chi connectivity index (χ0n) is 20.5. The van der Waals surface area contributed by atoms with Crippen molar-refractivity contribution in [2.45, 2.75) is 33.0 Å². The third-order valence-electron chi connectivity index (χ3n) is 5.43. The molecule has 2 aromatic carbocycles. The minimum atomic E-state index is -0.334. The highest BCUT2D eigenvalue weighted by atomic mass is 79.9. The lowest BCUT2D eigenvalue weighted by atomic mass is 10.0. The van der Waals surface area contributed by atoms with Crippen molar-refractivity contribution in [2.75, 3.05) is 14.1 Å². The van der Waals surface area contributed by atoms with E-state index in [1.807, 2.05) is 70.4 Å². The molecule has 186 valence electrons. The summed E-state index contributed by atoms with van der Waals surface area (Å²) >= 11 is 9.87. The monoisotopic (exact) mass is 567 g/mol. The Kier molecular flexibility index (Phi) is 7.88. The van der Waals surface area contributed by atoms with Gasteiger partial charge in [-0.2, -0.15) is 0 Å². The minimum absolute atomic E-state index is 0.0524. The minimum Gasteiger partial charge on any atom is -0.352 e. The van der Waals surface area contributed by atoms with Crippen LogP contribution in [0, 0.1) is 0 Å². The Morgan fingerprint density at radius 2 is 1.89 bits per heavy atom. The van der Waals surface area contributed by atoms with Gasteiger partial charge in [-0.05, 0) is 75.5 Å². The van der Waals surface area contributed by atoms with Gasteiger partial charge in [0.05, 0.1) is 5.39 Å². The van der Waals surface area contributed by atoms with Crippen molar-refractivity contribution in [2.24, 2.45) is 0 Å². The summed E-state index contributed by atoms with van der Waals surface area (Å²) in [7, 11) is 3.98. The Labute approximate surface area is 223 Å². The molecule has 1 amide bonds. The van der Waals surface area contributed by atoms with E-state index in [4.69, 9.17) is 16.6 Å². The first-order valence-corrected chi connectivity index (χ1v) is 12.7. The number of nitrogens with one attached hydrogen (secondary N) is 1. The van der Waals surface area contributed by atoms with Gasteiger partial charge in [-0.1, -0.05) is 39.7 Å². The van der Waals surface area contributed by atoms with Crippen molar-refractivity contribution in [3.8, 4) is 22.5 Å². The van der Waals surface area contributed by atoms with Crippen LogP contribution < -0.4 is 10.9 Å². The first kappa shape index (κ1) is 26.0. The number of carbonyl (C=O) groups is 1. The molecule has 0 bridgehead atoms. The highest BCUT2D eigenvalue weighted by Crippen LogP contribution is 2.27. The highest BCUT2D eigenvalue weighted by Gasteiger charge is 2.18. The first-order chi connectivity index (χ1) is 17.1. The van der Waals surface area contributed by atoms with Crippen molar-refractivity contribution in [3.63, 3.8) is 0 Å². The molecule has 0 saturated heterocycles. The molecule has 0 atom stereocenters. The third kappa shape index (κ3) is 6.00. The van der Waals surface area contributed by atoms with Gasteiger partial charge in [0.15, 0.2) is 5.65 Å². The number of aromatic nitrogens is 3. The lowest BCUT2D eigenvalue weighted by Crippen LogP contribution is -2.37. The van der Waals surface area contributed by atoms with Crippen LogP contribution in [0.25, 0.3) is 33.5 Å². The Morgan fingerprint density at radius 1 is 1.11 bits per heavy atom. The number of halogens is 2. The second-order valence-electron chi connectivity index (χ2n) is 9.24. The average molecular weight is 569 g/mol. The largest absolute Gasteiger partial charge is 0.352 e. The number of rotatable bonds is 7. The fourth-order valence-corrected chi connectivity index (χ4v) is 4.70. The van der Waals surface area contributed by atoms with Crippen LogP contribution in [0.3, 0.4) is 0 Å². The van der Waals surface area contributed by atoms with E-state index in [0.29, 0.717) is 27.4 Å². The third-order valence-corrected chi connectivity index (χ3v) is 6.15. The predicted molar refractivity (Wildman–Crippen MR) is 148 cm³/mol. The van der Waals surface area contributed by atoms with Gasteiger partial charge in [-0.3, -0.25) is 14.2 Å². The number of fused-ring (bicyclic) bond motifs is 1. The van der Waals surface area contributed by atoms with Crippen LogP contribution in [0.1, 0.15) is 19.4 Å². The maximum atomic E-state index is 13.8. The van der Waals surface area contributed by atoms with Crippen LogP contribution in [-0.4, -0.2) is 45.5 Å². The van der Waals surface area contributed by atoms with E-state index in [9.17, 15) is 9.59 Å². The molecule has 4 aromatic rings. The van der Waals surface area contributed by atoms with Crippen LogP contribution in [0.4, 0.5) is 0 Å². The summed E-state index contributed by atoms with van der Waals surface area (Å²) in [6.07, 6.45) is 1.69. The number of hydrogen-bond donors (Lipinski definition) is 1. The summed E-state index contributed by atoms with van der Waals surface area (Å²) in [5, 5.41) is 3.79. The zero-order valence-corrected chi connectivity index (χ0v) is 22.9. The highest BCUT2D eigenvalue weighted by molar-refractivity contribution is 9.10. The van der Waals surface area contributed by atoms with Crippen LogP contribution >= 0.6 is 27.5 Å². The van der Waals surface area contributed by atoms with Gasteiger partial charge in [0.25, 0.3) is 5.56 Å². The molecular weight excluding hydrogens is 542 g/mol. The quantitative estimate of drug-likeness (QED) is 0.334. The van der Waals surface area contributed by atoms with Crippen LogP contribution in [0.15, 0.2) is 64.0 Å². The van der Waals surface area contributed by atoms with Gasteiger partial charge in [0.1, 0.15) is 12.4 Å². The number of amides is 1. The average Bonchev–Trinajstić information content (AvgIpc) is 2.79. The summed E-state index contributed by atoms with van der Waals surface area (Å²) in [6.45, 7) is 4.32. The van der Waals surface area contributed by atoms with Crippen molar-refractivity contribution in [1.29, 1.82) is 0 Å². The van der Waals surface area contributed by atoms with Crippen LogP contribution in [-0.2, 0) is 17.9 Å². The number of hydrogen-bond acceptors (Lipinski definition) is 5. The molecule has 2 aromatic heterocycles. The van der Waals surface area contributed by atoms with Gasteiger partial charge in [0, 0.05) is 39.4 Å². The molecule has 4 rings (SSSR count). The Bertz CT molecular complexity index is 1500. The van der Waals surface area contributed by atoms with Gasteiger partial charge in [-0.15, -0.1) is 0 Å². The lowest BCUT2D eigenvalue weighted by molar-refractivity contribution is -0.122. The van der Waals surface area contributed by atoms with Crippen LogP contribution in [0.2, 0.25) is 5.02 Å². The molecule has 0 spiro atoms. The van der Waals surface area contributed by atoms with E-state index in [1.54, 1.807) is 12.3 Å². The lowest BCUT2D eigenvalue weighted by Gasteiger charge is -2.15. The summed E-state index contributed by atoms with van der Waals surface area (Å²) < 4.78 is 2.24. The number of nitrogens with zero attached hydrogens (tertiary/aromatic N) is 4. The molecule has 0 radical (unpaired) electrons. The molecule has 0 aliphatic carbocycles. The number of pyridine rings is 1. The van der Waals surface area contributed by atoms with Crippen molar-refractivity contribution >= 4 is 44.5 Å². The second kappa shape index (κ2) is 10.9. The normalized spacial score (nSPS) is 11.4. The molecule has 7 nitrogen and oxygen atoms in total. The summed E-state index contributed by atoms with van der Waals surface area (Å²) in [5.41, 5.74) is 3.34. The topological polar surface area (TPSA) is 80.1 Å². The molecule has 9 heteroatoms. The predicted octanol–water partition coefficient (Wildman–Crippen LogP) is 5.13. The Morgan fingerprint density at radius 3 is 2.58 bits per heavy atom. The van der Waals surface area contributed by atoms with Crippen LogP contribution in [0.5, 0.6) is 0 Å². The fourth-order valence-electron chi connectivity index (χ4n) is 4.04. The van der Waals surface area contributed by atoms with Crippen molar-refractivity contribution in [1.82, 2.24) is 24.8 Å². The van der Waals surface area contributed by atoms with E-state index in [2.05, 4.69) is 31.1 Å². The smallest absolute Gasteiger partial charge is 0.263 e.